The Morgan fingerprint density at radius 2 is 2.36 bits per heavy atom. The van der Waals surface area contributed by atoms with Crippen molar-refractivity contribution in [1.82, 2.24) is 9.97 Å². The van der Waals surface area contributed by atoms with Gasteiger partial charge in [-0.2, -0.15) is 0 Å². The lowest BCUT2D eigenvalue weighted by Gasteiger charge is -2.03. The second-order valence-electron chi connectivity index (χ2n) is 2.77. The molecule has 0 atom stereocenters. The summed E-state index contributed by atoms with van der Waals surface area (Å²) >= 11 is 5.00. The van der Waals surface area contributed by atoms with Crippen LogP contribution in [0, 0.1) is 6.92 Å². The molecule has 2 aromatic heterocycles. The summed E-state index contributed by atoms with van der Waals surface area (Å²) in [4.78, 5) is 8.30. The molecule has 1 N–H and O–H groups in total. The molecule has 72 valence electrons. The van der Waals surface area contributed by atoms with Gasteiger partial charge in [0.05, 0.1) is 15.9 Å². The van der Waals surface area contributed by atoms with Crippen molar-refractivity contribution in [3.8, 4) is 0 Å². The van der Waals surface area contributed by atoms with E-state index in [4.69, 9.17) is 0 Å². The van der Waals surface area contributed by atoms with E-state index in [0.717, 1.165) is 21.0 Å². The third-order valence-corrected chi connectivity index (χ3v) is 3.14. The molecule has 0 spiro atoms. The number of thiazole rings is 1. The van der Waals surface area contributed by atoms with Crippen LogP contribution in [0.4, 0.5) is 10.8 Å². The molecule has 0 aliphatic heterocycles. The van der Waals surface area contributed by atoms with Crippen molar-refractivity contribution in [1.29, 1.82) is 0 Å². The Bertz CT molecular complexity index is 441. The van der Waals surface area contributed by atoms with Crippen LogP contribution in [0.25, 0.3) is 0 Å². The fraction of sp³-hybridized carbons (Fsp3) is 0.111. The number of hydrogen-bond donors (Lipinski definition) is 1. The predicted molar refractivity (Wildman–Crippen MR) is 62.1 cm³/mol. The first-order valence-corrected chi connectivity index (χ1v) is 5.71. The minimum atomic E-state index is 0.898. The molecule has 5 heteroatoms. The first kappa shape index (κ1) is 9.61. The van der Waals surface area contributed by atoms with Crippen molar-refractivity contribution in [3.63, 3.8) is 0 Å². The number of rotatable bonds is 2. The number of nitrogens with one attached hydrogen (secondary N) is 1. The first-order valence-electron chi connectivity index (χ1n) is 4.04. The standard InChI is InChI=1S/C9H8BrN3S/c1-6-5-14-9(12-6)13-8-2-3-11-4-7(8)10/h2-5H,1H3,(H,11,12,13). The van der Waals surface area contributed by atoms with Crippen molar-refractivity contribution >= 4 is 38.1 Å². The summed E-state index contributed by atoms with van der Waals surface area (Å²) in [6.07, 6.45) is 3.50. The van der Waals surface area contributed by atoms with Gasteiger partial charge in [-0.15, -0.1) is 11.3 Å². The van der Waals surface area contributed by atoms with E-state index < -0.39 is 0 Å². The maximum Gasteiger partial charge on any atom is 0.187 e. The Morgan fingerprint density at radius 3 is 3.00 bits per heavy atom. The molecular formula is C9H8BrN3S. The van der Waals surface area contributed by atoms with Crippen molar-refractivity contribution in [2.45, 2.75) is 6.92 Å². The number of pyridine rings is 1. The lowest BCUT2D eigenvalue weighted by atomic mass is 10.4. The van der Waals surface area contributed by atoms with Crippen LogP contribution in [0.3, 0.4) is 0 Å². The lowest BCUT2D eigenvalue weighted by molar-refractivity contribution is 1.25. The molecule has 0 unspecified atom stereocenters. The van der Waals surface area contributed by atoms with Crippen LogP contribution < -0.4 is 5.32 Å². The van der Waals surface area contributed by atoms with Gasteiger partial charge >= 0.3 is 0 Å². The van der Waals surface area contributed by atoms with Crippen molar-refractivity contribution in [2.24, 2.45) is 0 Å². The third kappa shape index (κ3) is 2.10. The Labute approximate surface area is 94.4 Å². The average Bonchev–Trinajstić information content (AvgIpc) is 2.56. The van der Waals surface area contributed by atoms with Gasteiger partial charge in [0.2, 0.25) is 0 Å². The van der Waals surface area contributed by atoms with Gasteiger partial charge in [0.25, 0.3) is 0 Å². The van der Waals surface area contributed by atoms with Crippen LogP contribution >= 0.6 is 27.3 Å². The summed E-state index contributed by atoms with van der Waals surface area (Å²) in [5.74, 6) is 0. The molecule has 2 rings (SSSR count). The number of nitrogens with zero attached hydrogens (tertiary/aromatic N) is 2. The molecule has 0 saturated carbocycles. The SMILES string of the molecule is Cc1csc(Nc2ccncc2Br)n1. The van der Waals surface area contributed by atoms with E-state index in [1.807, 2.05) is 18.4 Å². The van der Waals surface area contributed by atoms with E-state index in [9.17, 15) is 0 Å². The van der Waals surface area contributed by atoms with Gasteiger partial charge in [-0.25, -0.2) is 4.98 Å². The van der Waals surface area contributed by atoms with Gasteiger partial charge < -0.3 is 5.32 Å². The second-order valence-corrected chi connectivity index (χ2v) is 4.49. The van der Waals surface area contributed by atoms with Crippen molar-refractivity contribution in [3.05, 3.63) is 34.0 Å². The van der Waals surface area contributed by atoms with Crippen LogP contribution in [0.2, 0.25) is 0 Å². The average molecular weight is 270 g/mol. The molecule has 0 aliphatic rings. The van der Waals surface area contributed by atoms with Gasteiger partial charge in [0.15, 0.2) is 5.13 Å². The number of anilines is 2. The Hall–Kier alpha value is -0.940. The van der Waals surface area contributed by atoms with Crippen LogP contribution in [-0.4, -0.2) is 9.97 Å². The van der Waals surface area contributed by atoms with Gasteiger partial charge in [-0.05, 0) is 28.9 Å². The highest BCUT2D eigenvalue weighted by Crippen LogP contribution is 2.25. The Morgan fingerprint density at radius 1 is 1.50 bits per heavy atom. The summed E-state index contributed by atoms with van der Waals surface area (Å²) in [6.45, 7) is 1.98. The molecule has 0 aromatic carbocycles. The first-order chi connectivity index (χ1) is 6.75. The number of aryl methyl sites for hydroxylation is 1. The largest absolute Gasteiger partial charge is 0.330 e. The smallest absolute Gasteiger partial charge is 0.187 e. The number of halogens is 1. The van der Waals surface area contributed by atoms with E-state index >= 15 is 0 Å². The lowest BCUT2D eigenvalue weighted by Crippen LogP contribution is -1.90. The molecule has 0 fully saturated rings. The fourth-order valence-corrected chi connectivity index (χ4v) is 2.05. The van der Waals surface area contributed by atoms with Crippen molar-refractivity contribution < 1.29 is 0 Å². The quantitative estimate of drug-likeness (QED) is 0.909. The maximum atomic E-state index is 4.31. The van der Waals surface area contributed by atoms with E-state index in [1.165, 1.54) is 0 Å². The zero-order valence-corrected chi connectivity index (χ0v) is 9.89. The maximum absolute atomic E-state index is 4.31. The molecular weight excluding hydrogens is 262 g/mol. The normalized spacial score (nSPS) is 10.1. The van der Waals surface area contributed by atoms with Crippen LogP contribution in [0.1, 0.15) is 5.69 Å². The third-order valence-electron chi connectivity index (χ3n) is 1.63. The van der Waals surface area contributed by atoms with Crippen LogP contribution in [-0.2, 0) is 0 Å². The van der Waals surface area contributed by atoms with E-state index in [2.05, 4.69) is 31.2 Å². The number of aromatic nitrogens is 2. The molecule has 0 bridgehead atoms. The Balaban J connectivity index is 2.23. The molecule has 0 aliphatic carbocycles. The topological polar surface area (TPSA) is 37.8 Å². The summed E-state index contributed by atoms with van der Waals surface area (Å²) in [7, 11) is 0. The minimum absolute atomic E-state index is 0.898. The summed E-state index contributed by atoms with van der Waals surface area (Å²) in [5, 5.41) is 6.12. The zero-order chi connectivity index (χ0) is 9.97. The summed E-state index contributed by atoms with van der Waals surface area (Å²) in [6, 6.07) is 1.90. The molecule has 2 aromatic rings. The van der Waals surface area contributed by atoms with Gasteiger partial charge in [-0.3, -0.25) is 4.98 Å². The second kappa shape index (κ2) is 4.06. The van der Waals surface area contributed by atoms with Gasteiger partial charge in [-0.1, -0.05) is 0 Å². The highest BCUT2D eigenvalue weighted by molar-refractivity contribution is 9.10. The highest BCUT2D eigenvalue weighted by Gasteiger charge is 2.01. The van der Waals surface area contributed by atoms with E-state index in [1.54, 1.807) is 23.7 Å². The molecule has 0 radical (unpaired) electrons. The summed E-state index contributed by atoms with van der Waals surface area (Å²) in [5.41, 5.74) is 2.01. The molecule has 14 heavy (non-hydrogen) atoms. The zero-order valence-electron chi connectivity index (χ0n) is 7.49. The Kier molecular flexibility index (Phi) is 2.79. The number of hydrogen-bond acceptors (Lipinski definition) is 4. The molecule has 0 saturated heterocycles. The van der Waals surface area contributed by atoms with E-state index in [-0.39, 0.29) is 0 Å². The van der Waals surface area contributed by atoms with Gasteiger partial charge in [0, 0.05) is 17.8 Å². The molecule has 2 heterocycles. The molecule has 0 amide bonds. The van der Waals surface area contributed by atoms with Crippen molar-refractivity contribution in [2.75, 3.05) is 5.32 Å². The monoisotopic (exact) mass is 269 g/mol. The van der Waals surface area contributed by atoms with Crippen LogP contribution in [0.5, 0.6) is 0 Å². The predicted octanol–water partition coefficient (Wildman–Crippen LogP) is 3.35. The fourth-order valence-electron chi connectivity index (χ4n) is 1.00. The van der Waals surface area contributed by atoms with Gasteiger partial charge in [0.1, 0.15) is 0 Å². The molecule has 3 nitrogen and oxygen atoms in total. The minimum Gasteiger partial charge on any atom is -0.330 e. The highest BCUT2D eigenvalue weighted by atomic mass is 79.9. The van der Waals surface area contributed by atoms with Crippen LogP contribution in [0.15, 0.2) is 28.3 Å². The van der Waals surface area contributed by atoms with E-state index in [0.29, 0.717) is 0 Å². The summed E-state index contributed by atoms with van der Waals surface area (Å²) < 4.78 is 0.938.